The van der Waals surface area contributed by atoms with Crippen LogP contribution in [0.25, 0.3) is 22.2 Å². The molecule has 4 aromatic rings. The third-order valence-corrected chi connectivity index (χ3v) is 6.10. The van der Waals surface area contributed by atoms with Gasteiger partial charge in [-0.1, -0.05) is 54.6 Å². The Morgan fingerprint density at radius 3 is 2.50 bits per heavy atom. The lowest BCUT2D eigenvalue weighted by Crippen LogP contribution is -2.31. The second kappa shape index (κ2) is 7.64. The predicted octanol–water partition coefficient (Wildman–Crippen LogP) is 3.37. The van der Waals surface area contributed by atoms with Gasteiger partial charge in [-0.2, -0.15) is 0 Å². The van der Waals surface area contributed by atoms with Crippen LogP contribution in [0.3, 0.4) is 0 Å². The fourth-order valence-electron chi connectivity index (χ4n) is 3.32. The van der Waals surface area contributed by atoms with Crippen LogP contribution in [0.5, 0.6) is 5.75 Å². The summed E-state index contributed by atoms with van der Waals surface area (Å²) in [6.45, 7) is 0. The number of nitrogens with zero attached hydrogens (tertiary/aromatic N) is 2. The van der Waals surface area contributed by atoms with Gasteiger partial charge < -0.3 is 9.30 Å². The molecule has 0 saturated heterocycles. The maximum atomic E-state index is 12.7. The van der Waals surface area contributed by atoms with Crippen molar-refractivity contribution in [3.8, 4) is 17.1 Å². The summed E-state index contributed by atoms with van der Waals surface area (Å²) in [7, 11) is -1.00. The van der Waals surface area contributed by atoms with E-state index in [1.165, 1.54) is 25.4 Å². The van der Waals surface area contributed by atoms with Gasteiger partial charge in [0.2, 0.25) is 0 Å². The van der Waals surface area contributed by atoms with Gasteiger partial charge in [0.25, 0.3) is 15.9 Å². The highest BCUT2D eigenvalue weighted by Crippen LogP contribution is 2.28. The van der Waals surface area contributed by atoms with E-state index in [0.29, 0.717) is 5.82 Å². The molecule has 3 aromatic carbocycles. The highest BCUT2D eigenvalue weighted by atomic mass is 32.2. The van der Waals surface area contributed by atoms with Gasteiger partial charge in [-0.15, -0.1) is 0 Å². The van der Waals surface area contributed by atoms with E-state index in [1.54, 1.807) is 23.7 Å². The highest BCUT2D eigenvalue weighted by molar-refractivity contribution is 7.90. The molecular formula is C22H19N3O4S. The third-order valence-electron chi connectivity index (χ3n) is 4.73. The first kappa shape index (κ1) is 19.7. The van der Waals surface area contributed by atoms with Crippen molar-refractivity contribution in [3.63, 3.8) is 0 Å². The van der Waals surface area contributed by atoms with Crippen LogP contribution in [0.15, 0.2) is 77.8 Å². The fourth-order valence-corrected chi connectivity index (χ4v) is 4.45. The van der Waals surface area contributed by atoms with E-state index in [2.05, 4.69) is 9.71 Å². The van der Waals surface area contributed by atoms with Gasteiger partial charge in [0, 0.05) is 18.8 Å². The average Bonchev–Trinajstić information content (AvgIpc) is 3.14. The molecule has 0 aliphatic rings. The topological polar surface area (TPSA) is 90.3 Å². The Kier molecular flexibility index (Phi) is 5.01. The maximum absolute atomic E-state index is 12.7. The molecule has 1 aromatic heterocycles. The third kappa shape index (κ3) is 3.53. The first-order valence-electron chi connectivity index (χ1n) is 9.12. The van der Waals surface area contributed by atoms with Crippen molar-refractivity contribution in [2.45, 2.75) is 4.90 Å². The maximum Gasteiger partial charge on any atom is 0.285 e. The molecule has 0 spiro atoms. The first-order valence-corrected chi connectivity index (χ1v) is 10.6. The molecule has 0 unspecified atom stereocenters. The zero-order chi connectivity index (χ0) is 21.3. The van der Waals surface area contributed by atoms with Crippen LogP contribution in [0.2, 0.25) is 0 Å². The van der Waals surface area contributed by atoms with Crippen LogP contribution >= 0.6 is 0 Å². The summed E-state index contributed by atoms with van der Waals surface area (Å²) in [5, 5.41) is 2.03. The van der Waals surface area contributed by atoms with E-state index < -0.39 is 15.9 Å². The number of amides is 1. The Balaban J connectivity index is 1.69. The summed E-state index contributed by atoms with van der Waals surface area (Å²) in [4.78, 5) is 17.0. The fraction of sp³-hybridized carbons (Fsp3) is 0.0909. The zero-order valence-electron chi connectivity index (χ0n) is 16.4. The van der Waals surface area contributed by atoms with Crippen molar-refractivity contribution in [1.82, 2.24) is 14.3 Å². The van der Waals surface area contributed by atoms with Crippen LogP contribution in [-0.2, 0) is 17.1 Å². The van der Waals surface area contributed by atoms with Gasteiger partial charge in [0.1, 0.15) is 22.2 Å². The van der Waals surface area contributed by atoms with Crippen molar-refractivity contribution in [2.75, 3.05) is 7.11 Å². The normalized spacial score (nSPS) is 11.4. The Hall–Kier alpha value is -3.65. The molecule has 8 heteroatoms. The molecule has 152 valence electrons. The Morgan fingerprint density at radius 2 is 1.70 bits per heavy atom. The van der Waals surface area contributed by atoms with Crippen LogP contribution < -0.4 is 9.46 Å². The van der Waals surface area contributed by atoms with E-state index in [1.807, 2.05) is 42.5 Å². The SMILES string of the molecule is COc1ccccc1S(=O)(=O)NC(=O)c1cn(C)c(-c2cccc3ccccc23)n1. The highest BCUT2D eigenvalue weighted by Gasteiger charge is 2.24. The molecule has 7 nitrogen and oxygen atoms in total. The number of nitrogens with one attached hydrogen (secondary N) is 1. The summed E-state index contributed by atoms with van der Waals surface area (Å²) in [6.07, 6.45) is 1.50. The number of para-hydroxylation sites is 1. The molecule has 0 saturated carbocycles. The number of ether oxygens (including phenoxy) is 1. The number of aromatic nitrogens is 2. The molecule has 0 fully saturated rings. The lowest BCUT2D eigenvalue weighted by atomic mass is 10.0. The molecule has 1 N–H and O–H groups in total. The summed E-state index contributed by atoms with van der Waals surface area (Å²) in [5.74, 6) is -0.107. The van der Waals surface area contributed by atoms with Gasteiger partial charge in [-0.05, 0) is 22.9 Å². The number of rotatable bonds is 5. The number of carbonyl (C=O) groups excluding carboxylic acids is 1. The van der Waals surface area contributed by atoms with Crippen molar-refractivity contribution < 1.29 is 17.9 Å². The Labute approximate surface area is 174 Å². The monoisotopic (exact) mass is 421 g/mol. The van der Waals surface area contributed by atoms with Gasteiger partial charge in [0.05, 0.1) is 7.11 Å². The molecule has 1 heterocycles. The van der Waals surface area contributed by atoms with Crippen molar-refractivity contribution in [1.29, 1.82) is 0 Å². The van der Waals surface area contributed by atoms with Crippen LogP contribution in [-0.4, -0.2) is 31.0 Å². The molecule has 0 radical (unpaired) electrons. The number of methoxy groups -OCH3 is 1. The van der Waals surface area contributed by atoms with E-state index >= 15 is 0 Å². The number of hydrogen-bond donors (Lipinski definition) is 1. The largest absolute Gasteiger partial charge is 0.495 e. The van der Waals surface area contributed by atoms with Crippen molar-refractivity contribution in [3.05, 3.63) is 78.6 Å². The van der Waals surface area contributed by atoms with Crippen molar-refractivity contribution >= 4 is 26.7 Å². The summed E-state index contributed by atoms with van der Waals surface area (Å²) in [5.41, 5.74) is 0.848. The molecule has 0 bridgehead atoms. The van der Waals surface area contributed by atoms with E-state index in [9.17, 15) is 13.2 Å². The lowest BCUT2D eigenvalue weighted by Gasteiger charge is -2.09. The minimum Gasteiger partial charge on any atom is -0.495 e. The lowest BCUT2D eigenvalue weighted by molar-refractivity contribution is 0.0977. The minimum atomic E-state index is -4.13. The van der Waals surface area contributed by atoms with Gasteiger partial charge >= 0.3 is 0 Å². The number of benzene rings is 3. The predicted molar refractivity (Wildman–Crippen MR) is 114 cm³/mol. The van der Waals surface area contributed by atoms with Gasteiger partial charge in [0.15, 0.2) is 0 Å². The smallest absolute Gasteiger partial charge is 0.285 e. The second-order valence-electron chi connectivity index (χ2n) is 6.67. The summed E-state index contributed by atoms with van der Waals surface area (Å²) < 4.78 is 34.2. The van der Waals surface area contributed by atoms with Gasteiger partial charge in [-0.25, -0.2) is 18.1 Å². The molecule has 0 aliphatic heterocycles. The van der Waals surface area contributed by atoms with E-state index in [4.69, 9.17) is 4.74 Å². The molecular weight excluding hydrogens is 402 g/mol. The standard InChI is InChI=1S/C22H19N3O4S/c1-25-14-18(22(26)24-30(27,28)20-13-6-5-12-19(20)29-2)23-21(25)17-11-7-9-15-8-3-4-10-16(15)17/h3-14H,1-2H3,(H,24,26). The minimum absolute atomic E-state index is 0.00101. The first-order chi connectivity index (χ1) is 14.4. The van der Waals surface area contributed by atoms with Crippen molar-refractivity contribution in [2.24, 2.45) is 7.05 Å². The second-order valence-corrected chi connectivity index (χ2v) is 8.32. The molecule has 4 rings (SSSR count). The summed E-state index contributed by atoms with van der Waals surface area (Å²) >= 11 is 0. The molecule has 0 aliphatic carbocycles. The molecule has 1 amide bonds. The quantitative estimate of drug-likeness (QED) is 0.534. The number of fused-ring (bicyclic) bond motifs is 1. The Bertz CT molecular complexity index is 1350. The molecule has 0 atom stereocenters. The van der Waals surface area contributed by atoms with E-state index in [-0.39, 0.29) is 16.3 Å². The number of carbonyl (C=O) groups is 1. The van der Waals surface area contributed by atoms with Crippen LogP contribution in [0.1, 0.15) is 10.5 Å². The zero-order valence-corrected chi connectivity index (χ0v) is 17.2. The average molecular weight is 421 g/mol. The number of sulfonamides is 1. The number of imidazole rings is 1. The van der Waals surface area contributed by atoms with Gasteiger partial charge in [-0.3, -0.25) is 4.79 Å². The summed E-state index contributed by atoms with van der Waals surface area (Å²) in [6, 6.07) is 19.8. The van der Waals surface area contributed by atoms with Crippen LogP contribution in [0, 0.1) is 0 Å². The number of aryl methyl sites for hydroxylation is 1. The molecule has 30 heavy (non-hydrogen) atoms. The number of hydrogen-bond acceptors (Lipinski definition) is 5. The Morgan fingerprint density at radius 1 is 1.00 bits per heavy atom. The van der Waals surface area contributed by atoms with E-state index in [0.717, 1.165) is 16.3 Å². The van der Waals surface area contributed by atoms with Crippen LogP contribution in [0.4, 0.5) is 0 Å².